The Hall–Kier alpha value is -2.50. The highest BCUT2D eigenvalue weighted by molar-refractivity contribution is 7.89. The first-order valence-electron chi connectivity index (χ1n) is 8.96. The van der Waals surface area contributed by atoms with E-state index in [0.29, 0.717) is 12.1 Å². The SMILES string of the molecule is COc1cc(C(=O)N2CCN(S(=O)(=O)c3ccc(F)c(F)c3F)CC2)cc(Cl)c1OC. The van der Waals surface area contributed by atoms with Gasteiger partial charge in [0.2, 0.25) is 10.0 Å². The standard InChI is InChI=1S/C19H18ClF3N2O5S/c1-29-14-10-11(9-12(20)18(14)30-2)19(26)24-5-7-25(8-6-24)31(27,28)15-4-3-13(21)16(22)17(15)23/h3-4,9-10H,5-8H2,1-2H3. The van der Waals surface area contributed by atoms with Crippen LogP contribution in [-0.2, 0) is 10.0 Å². The number of ether oxygens (including phenoxy) is 2. The van der Waals surface area contributed by atoms with E-state index in [4.69, 9.17) is 21.1 Å². The summed E-state index contributed by atoms with van der Waals surface area (Å²) >= 11 is 6.13. The van der Waals surface area contributed by atoms with Crippen LogP contribution in [0.25, 0.3) is 0 Å². The van der Waals surface area contributed by atoms with Gasteiger partial charge in [0, 0.05) is 31.7 Å². The molecule has 0 aliphatic carbocycles. The Bertz CT molecular complexity index is 1120. The van der Waals surface area contributed by atoms with Crippen LogP contribution in [-0.4, -0.2) is 63.9 Å². The molecule has 31 heavy (non-hydrogen) atoms. The Kier molecular flexibility index (Phi) is 6.68. The van der Waals surface area contributed by atoms with E-state index >= 15 is 0 Å². The Morgan fingerprint density at radius 2 is 1.65 bits per heavy atom. The molecule has 2 aromatic carbocycles. The van der Waals surface area contributed by atoms with Gasteiger partial charge in [0.25, 0.3) is 5.91 Å². The van der Waals surface area contributed by atoms with Gasteiger partial charge < -0.3 is 14.4 Å². The minimum atomic E-state index is -4.42. The van der Waals surface area contributed by atoms with Gasteiger partial charge >= 0.3 is 0 Å². The second-order valence-corrected chi connectivity index (χ2v) is 8.88. The molecule has 1 saturated heterocycles. The summed E-state index contributed by atoms with van der Waals surface area (Å²) in [5, 5.41) is 0.167. The summed E-state index contributed by atoms with van der Waals surface area (Å²) in [6, 6.07) is 4.08. The first-order chi connectivity index (χ1) is 14.6. The maximum atomic E-state index is 14.0. The number of nitrogens with zero attached hydrogens (tertiary/aromatic N) is 2. The minimum absolute atomic E-state index is 0.00464. The first-order valence-corrected chi connectivity index (χ1v) is 10.8. The second kappa shape index (κ2) is 8.93. The van der Waals surface area contributed by atoms with Crippen LogP contribution in [0.15, 0.2) is 29.2 Å². The zero-order chi connectivity index (χ0) is 22.9. The van der Waals surface area contributed by atoms with Gasteiger partial charge in [-0.15, -0.1) is 0 Å². The summed E-state index contributed by atoms with van der Waals surface area (Å²) in [6.45, 7) is -0.328. The third kappa shape index (κ3) is 4.30. The molecule has 0 unspecified atom stereocenters. The molecule has 0 N–H and O–H groups in total. The molecule has 0 saturated carbocycles. The summed E-state index contributed by atoms with van der Waals surface area (Å²) in [5.74, 6) is -5.02. The van der Waals surface area contributed by atoms with Crippen LogP contribution in [0.3, 0.4) is 0 Å². The summed E-state index contributed by atoms with van der Waals surface area (Å²) in [6.07, 6.45) is 0. The van der Waals surface area contributed by atoms with Gasteiger partial charge in [-0.05, 0) is 24.3 Å². The molecule has 7 nitrogen and oxygen atoms in total. The number of hydrogen-bond acceptors (Lipinski definition) is 5. The maximum Gasteiger partial charge on any atom is 0.254 e. The second-order valence-electron chi connectivity index (χ2n) is 6.56. The average molecular weight is 479 g/mol. The molecule has 1 heterocycles. The predicted octanol–water partition coefficient (Wildman–Crippen LogP) is 2.92. The van der Waals surface area contributed by atoms with Crippen LogP contribution < -0.4 is 9.47 Å². The van der Waals surface area contributed by atoms with Crippen molar-refractivity contribution in [2.45, 2.75) is 4.90 Å². The van der Waals surface area contributed by atoms with Crippen molar-refractivity contribution in [3.8, 4) is 11.5 Å². The molecule has 0 spiro atoms. The number of benzene rings is 2. The number of hydrogen-bond donors (Lipinski definition) is 0. The van der Waals surface area contributed by atoms with E-state index in [-0.39, 0.29) is 48.3 Å². The van der Waals surface area contributed by atoms with Crippen molar-refractivity contribution < 1.29 is 35.9 Å². The van der Waals surface area contributed by atoms with Gasteiger partial charge in [-0.25, -0.2) is 21.6 Å². The van der Waals surface area contributed by atoms with Crippen molar-refractivity contribution in [1.82, 2.24) is 9.21 Å². The number of halogens is 4. The van der Waals surface area contributed by atoms with E-state index in [9.17, 15) is 26.4 Å². The normalized spacial score (nSPS) is 15.1. The molecule has 168 valence electrons. The highest BCUT2D eigenvalue weighted by Crippen LogP contribution is 2.36. The molecule has 1 amide bonds. The molecule has 0 bridgehead atoms. The average Bonchev–Trinajstić information content (AvgIpc) is 2.76. The van der Waals surface area contributed by atoms with E-state index in [1.54, 1.807) is 0 Å². The van der Waals surface area contributed by atoms with Gasteiger partial charge in [-0.2, -0.15) is 4.31 Å². The molecule has 3 rings (SSSR count). The molecule has 12 heteroatoms. The zero-order valence-corrected chi connectivity index (χ0v) is 18.1. The fraction of sp³-hybridized carbons (Fsp3) is 0.316. The summed E-state index contributed by atoms with van der Waals surface area (Å²) in [7, 11) is -1.62. The first kappa shape index (κ1) is 23.2. The Morgan fingerprint density at radius 1 is 1.00 bits per heavy atom. The number of methoxy groups -OCH3 is 2. The lowest BCUT2D eigenvalue weighted by molar-refractivity contribution is 0.0697. The number of carbonyl (C=O) groups is 1. The summed E-state index contributed by atoms with van der Waals surface area (Å²) < 4.78 is 77.1. The van der Waals surface area contributed by atoms with E-state index in [0.717, 1.165) is 4.31 Å². The van der Waals surface area contributed by atoms with Crippen molar-refractivity contribution in [3.05, 3.63) is 52.3 Å². The summed E-state index contributed by atoms with van der Waals surface area (Å²) in [5.41, 5.74) is 0.214. The van der Waals surface area contributed by atoms with Crippen LogP contribution >= 0.6 is 11.6 Å². The lowest BCUT2D eigenvalue weighted by Gasteiger charge is -2.34. The third-order valence-electron chi connectivity index (χ3n) is 4.82. The van der Waals surface area contributed by atoms with Gasteiger partial charge in [0.05, 0.1) is 19.2 Å². The van der Waals surface area contributed by atoms with Crippen molar-refractivity contribution in [3.63, 3.8) is 0 Å². The predicted molar refractivity (Wildman–Crippen MR) is 106 cm³/mol. The van der Waals surface area contributed by atoms with Crippen LogP contribution in [0.5, 0.6) is 11.5 Å². The van der Waals surface area contributed by atoms with E-state index < -0.39 is 38.3 Å². The molecule has 1 fully saturated rings. The zero-order valence-electron chi connectivity index (χ0n) is 16.5. The van der Waals surface area contributed by atoms with E-state index in [1.165, 1.54) is 31.3 Å². The van der Waals surface area contributed by atoms with Crippen LogP contribution in [0.2, 0.25) is 5.02 Å². The molecule has 0 atom stereocenters. The van der Waals surface area contributed by atoms with E-state index in [2.05, 4.69) is 0 Å². The molecule has 2 aromatic rings. The Balaban J connectivity index is 1.77. The number of amides is 1. The van der Waals surface area contributed by atoms with Crippen LogP contribution in [0, 0.1) is 17.5 Å². The summed E-state index contributed by atoms with van der Waals surface area (Å²) in [4.78, 5) is 13.3. The number of piperazine rings is 1. The number of carbonyl (C=O) groups excluding carboxylic acids is 1. The monoisotopic (exact) mass is 478 g/mol. The molecule has 1 aliphatic rings. The largest absolute Gasteiger partial charge is 0.493 e. The van der Waals surface area contributed by atoms with Gasteiger partial charge in [0.1, 0.15) is 4.90 Å². The van der Waals surface area contributed by atoms with Gasteiger partial charge in [0.15, 0.2) is 29.0 Å². The lowest BCUT2D eigenvalue weighted by Crippen LogP contribution is -2.50. The minimum Gasteiger partial charge on any atom is -0.493 e. The quantitative estimate of drug-likeness (QED) is 0.618. The fourth-order valence-electron chi connectivity index (χ4n) is 3.20. The van der Waals surface area contributed by atoms with Crippen LogP contribution in [0.4, 0.5) is 13.2 Å². The third-order valence-corrected chi connectivity index (χ3v) is 7.02. The number of sulfonamides is 1. The molecule has 0 aromatic heterocycles. The smallest absolute Gasteiger partial charge is 0.254 e. The van der Waals surface area contributed by atoms with Gasteiger partial charge in [-0.1, -0.05) is 11.6 Å². The lowest BCUT2D eigenvalue weighted by atomic mass is 10.1. The molecular weight excluding hydrogens is 461 g/mol. The van der Waals surface area contributed by atoms with E-state index in [1.807, 2.05) is 0 Å². The van der Waals surface area contributed by atoms with Crippen molar-refractivity contribution in [2.24, 2.45) is 0 Å². The molecular formula is C19H18ClF3N2O5S. The Labute approximate surface area is 182 Å². The van der Waals surface area contributed by atoms with Gasteiger partial charge in [-0.3, -0.25) is 4.79 Å². The fourth-order valence-corrected chi connectivity index (χ4v) is 4.97. The maximum absolute atomic E-state index is 14.0. The Morgan fingerprint density at radius 3 is 2.23 bits per heavy atom. The van der Waals surface area contributed by atoms with Crippen molar-refractivity contribution >= 4 is 27.5 Å². The topological polar surface area (TPSA) is 76.2 Å². The molecule has 0 radical (unpaired) electrons. The highest BCUT2D eigenvalue weighted by Gasteiger charge is 2.34. The van der Waals surface area contributed by atoms with Crippen LogP contribution in [0.1, 0.15) is 10.4 Å². The molecule has 1 aliphatic heterocycles. The van der Waals surface area contributed by atoms with Crippen molar-refractivity contribution in [2.75, 3.05) is 40.4 Å². The highest BCUT2D eigenvalue weighted by atomic mass is 35.5. The number of rotatable bonds is 5. The van der Waals surface area contributed by atoms with Crippen molar-refractivity contribution in [1.29, 1.82) is 0 Å².